The van der Waals surface area contributed by atoms with Gasteiger partial charge in [-0.25, -0.2) is 0 Å². The quantitative estimate of drug-likeness (QED) is 0.443. The Morgan fingerprint density at radius 2 is 1.86 bits per heavy atom. The van der Waals surface area contributed by atoms with Crippen LogP contribution >= 0.6 is 0 Å². The fourth-order valence-corrected chi connectivity index (χ4v) is 4.39. The number of aromatic nitrogens is 2. The van der Waals surface area contributed by atoms with Gasteiger partial charge in [0.25, 0.3) is 0 Å². The standard InChI is InChI=1S/C25H36N6O3.C2H6/c1-3-10-31(11-4-2)24-18-23(26-25(27-24)34-17-14-30-12-15-33-16-13-30)29-28-21-9-8-20-19(21)6-5-7-22(20)32;1-2/h5-7,18,32H,3-4,8-17H2,1-2H3,(H,26,27,29);1-2H3/b28-21+;. The van der Waals surface area contributed by atoms with E-state index >= 15 is 0 Å². The van der Waals surface area contributed by atoms with Gasteiger partial charge in [0.05, 0.1) is 18.9 Å². The van der Waals surface area contributed by atoms with Crippen molar-refractivity contribution >= 4 is 17.3 Å². The Bertz CT molecular complexity index is 972. The monoisotopic (exact) mass is 498 g/mol. The summed E-state index contributed by atoms with van der Waals surface area (Å²) in [7, 11) is 0. The zero-order valence-electron chi connectivity index (χ0n) is 22.3. The summed E-state index contributed by atoms with van der Waals surface area (Å²) in [6.45, 7) is 14.9. The first-order chi connectivity index (χ1) is 17.7. The highest BCUT2D eigenvalue weighted by atomic mass is 16.5. The molecule has 1 aromatic heterocycles. The molecule has 9 nitrogen and oxygen atoms in total. The van der Waals surface area contributed by atoms with Crippen LogP contribution in [0.4, 0.5) is 11.6 Å². The number of hydrogen-bond donors (Lipinski definition) is 2. The first-order valence-corrected chi connectivity index (χ1v) is 13.4. The van der Waals surface area contributed by atoms with Gasteiger partial charge in [-0.05, 0) is 31.7 Å². The number of rotatable bonds is 11. The average Bonchev–Trinajstić information content (AvgIpc) is 3.33. The van der Waals surface area contributed by atoms with Crippen LogP contribution in [0.1, 0.15) is 58.1 Å². The molecule has 2 N–H and O–H groups in total. The van der Waals surface area contributed by atoms with Crippen LogP contribution in [0.25, 0.3) is 0 Å². The number of nitrogens with zero attached hydrogens (tertiary/aromatic N) is 5. The molecular formula is C27H42N6O3. The summed E-state index contributed by atoms with van der Waals surface area (Å²) in [6.07, 6.45) is 3.62. The lowest BCUT2D eigenvalue weighted by Crippen LogP contribution is -2.38. The fraction of sp³-hybridized carbons (Fsp3) is 0.593. The minimum Gasteiger partial charge on any atom is -0.508 e. The van der Waals surface area contributed by atoms with Crippen molar-refractivity contribution in [3.05, 3.63) is 35.4 Å². The van der Waals surface area contributed by atoms with E-state index in [1.54, 1.807) is 6.07 Å². The van der Waals surface area contributed by atoms with Crippen molar-refractivity contribution in [1.82, 2.24) is 14.9 Å². The molecule has 0 radical (unpaired) electrons. The number of nitrogens with one attached hydrogen (secondary N) is 1. The molecule has 2 heterocycles. The van der Waals surface area contributed by atoms with Crippen LogP contribution in [0.15, 0.2) is 29.4 Å². The second-order valence-corrected chi connectivity index (χ2v) is 8.66. The number of hydrazone groups is 1. The molecule has 1 aliphatic heterocycles. The number of fused-ring (bicyclic) bond motifs is 1. The second-order valence-electron chi connectivity index (χ2n) is 8.66. The summed E-state index contributed by atoms with van der Waals surface area (Å²) in [4.78, 5) is 13.9. The van der Waals surface area contributed by atoms with Crippen LogP contribution in [0.2, 0.25) is 0 Å². The molecule has 1 aliphatic carbocycles. The van der Waals surface area contributed by atoms with Gasteiger partial charge in [-0.3, -0.25) is 10.3 Å². The summed E-state index contributed by atoms with van der Waals surface area (Å²) < 4.78 is 11.4. The van der Waals surface area contributed by atoms with Gasteiger partial charge >= 0.3 is 6.01 Å². The van der Waals surface area contributed by atoms with E-state index in [0.717, 1.165) is 94.3 Å². The third-order valence-corrected chi connectivity index (χ3v) is 6.12. The maximum Gasteiger partial charge on any atom is 0.320 e. The van der Waals surface area contributed by atoms with E-state index in [0.29, 0.717) is 24.2 Å². The average molecular weight is 499 g/mol. The summed E-state index contributed by atoms with van der Waals surface area (Å²) in [5.74, 6) is 1.77. The molecule has 1 saturated heterocycles. The maximum absolute atomic E-state index is 10.1. The Hall–Kier alpha value is -2.91. The molecule has 0 saturated carbocycles. The first-order valence-electron chi connectivity index (χ1n) is 13.4. The van der Waals surface area contributed by atoms with E-state index in [4.69, 9.17) is 14.5 Å². The topological polar surface area (TPSA) is 95.3 Å². The SMILES string of the molecule is CC.CCCN(CCC)c1cc(N/N=C2\CCc3c(O)cccc32)nc(OCCN2CCOCC2)n1. The Balaban J connectivity index is 0.00000176. The lowest BCUT2D eigenvalue weighted by Gasteiger charge is -2.26. The van der Waals surface area contributed by atoms with Gasteiger partial charge in [-0.15, -0.1) is 0 Å². The molecule has 2 aromatic rings. The number of morpholine rings is 1. The molecule has 4 rings (SSSR count). The highest BCUT2D eigenvalue weighted by Crippen LogP contribution is 2.30. The summed E-state index contributed by atoms with van der Waals surface area (Å²) in [5, 5.41) is 14.7. The van der Waals surface area contributed by atoms with E-state index in [-0.39, 0.29) is 0 Å². The third-order valence-electron chi connectivity index (χ3n) is 6.12. The molecule has 0 spiro atoms. The fourth-order valence-electron chi connectivity index (χ4n) is 4.39. The van der Waals surface area contributed by atoms with E-state index in [1.807, 2.05) is 32.0 Å². The van der Waals surface area contributed by atoms with E-state index in [2.05, 4.69) is 39.2 Å². The maximum atomic E-state index is 10.1. The van der Waals surface area contributed by atoms with Crippen LogP contribution < -0.4 is 15.1 Å². The van der Waals surface area contributed by atoms with E-state index < -0.39 is 0 Å². The van der Waals surface area contributed by atoms with Crippen LogP contribution in [0, 0.1) is 0 Å². The molecular weight excluding hydrogens is 456 g/mol. The van der Waals surface area contributed by atoms with Crippen molar-refractivity contribution in [2.24, 2.45) is 5.10 Å². The van der Waals surface area contributed by atoms with E-state index in [9.17, 15) is 5.11 Å². The molecule has 36 heavy (non-hydrogen) atoms. The Morgan fingerprint density at radius 3 is 2.58 bits per heavy atom. The molecule has 0 unspecified atom stereocenters. The van der Waals surface area contributed by atoms with Gasteiger partial charge in [0.2, 0.25) is 0 Å². The first kappa shape index (κ1) is 27.7. The van der Waals surface area contributed by atoms with Crippen LogP contribution in [0.3, 0.4) is 0 Å². The van der Waals surface area contributed by atoms with E-state index in [1.165, 1.54) is 0 Å². The molecule has 0 atom stereocenters. The number of hydrogen-bond acceptors (Lipinski definition) is 9. The summed E-state index contributed by atoms with van der Waals surface area (Å²) in [6, 6.07) is 7.87. The number of aromatic hydroxyl groups is 1. The normalized spacial score (nSPS) is 16.3. The van der Waals surface area contributed by atoms with Crippen molar-refractivity contribution in [2.45, 2.75) is 53.4 Å². The minimum atomic E-state index is 0.331. The van der Waals surface area contributed by atoms with Crippen molar-refractivity contribution in [3.63, 3.8) is 0 Å². The van der Waals surface area contributed by atoms with Gasteiger partial charge in [0, 0.05) is 49.9 Å². The molecule has 1 fully saturated rings. The predicted molar refractivity (Wildman–Crippen MR) is 146 cm³/mol. The van der Waals surface area contributed by atoms with Crippen molar-refractivity contribution < 1.29 is 14.6 Å². The molecule has 1 aromatic carbocycles. The minimum absolute atomic E-state index is 0.331. The third kappa shape index (κ3) is 7.54. The van der Waals surface area contributed by atoms with Gasteiger partial charge in [0.15, 0.2) is 5.82 Å². The molecule has 9 heteroatoms. The highest BCUT2D eigenvalue weighted by molar-refractivity contribution is 6.05. The number of benzene rings is 1. The zero-order valence-corrected chi connectivity index (χ0v) is 22.3. The lowest BCUT2D eigenvalue weighted by atomic mass is 10.1. The van der Waals surface area contributed by atoms with Gasteiger partial charge in [-0.2, -0.15) is 15.1 Å². The lowest BCUT2D eigenvalue weighted by molar-refractivity contribution is 0.0317. The molecule has 2 aliphatic rings. The molecule has 0 bridgehead atoms. The Kier molecular flexibility index (Phi) is 11.2. The van der Waals surface area contributed by atoms with Crippen LogP contribution in [0.5, 0.6) is 11.8 Å². The van der Waals surface area contributed by atoms with Gasteiger partial charge in [-0.1, -0.05) is 39.8 Å². The number of anilines is 2. The molecule has 0 amide bonds. The summed E-state index contributed by atoms with van der Waals surface area (Å²) in [5.41, 5.74) is 5.99. The summed E-state index contributed by atoms with van der Waals surface area (Å²) >= 11 is 0. The van der Waals surface area contributed by atoms with Crippen molar-refractivity contribution in [2.75, 3.05) is 62.9 Å². The van der Waals surface area contributed by atoms with Crippen LogP contribution in [-0.4, -0.2) is 78.2 Å². The van der Waals surface area contributed by atoms with Crippen molar-refractivity contribution in [3.8, 4) is 11.8 Å². The number of ether oxygens (including phenoxy) is 2. The Labute approximate surface area is 215 Å². The van der Waals surface area contributed by atoms with Gasteiger partial charge < -0.3 is 19.5 Å². The smallest absolute Gasteiger partial charge is 0.320 e. The highest BCUT2D eigenvalue weighted by Gasteiger charge is 2.21. The predicted octanol–water partition coefficient (Wildman–Crippen LogP) is 4.31. The zero-order chi connectivity index (χ0) is 25.8. The number of phenolic OH excluding ortho intramolecular Hbond substituents is 1. The second kappa shape index (κ2) is 14.6. The van der Waals surface area contributed by atoms with Gasteiger partial charge in [0.1, 0.15) is 18.2 Å². The molecule has 198 valence electrons. The number of phenols is 1. The largest absolute Gasteiger partial charge is 0.508 e. The van der Waals surface area contributed by atoms with Crippen molar-refractivity contribution in [1.29, 1.82) is 0 Å². The Morgan fingerprint density at radius 1 is 1.11 bits per heavy atom. The van der Waals surface area contributed by atoms with Crippen LogP contribution in [-0.2, 0) is 11.2 Å².